The molecule has 36 heavy (non-hydrogen) atoms. The molecule has 0 heterocycles. The molecule has 5 heteroatoms. The largest absolute Gasteiger partial charge is 0.350 e. The molecule has 0 radical (unpaired) electrons. The summed E-state index contributed by atoms with van der Waals surface area (Å²) < 4.78 is 0. The lowest BCUT2D eigenvalue weighted by Gasteiger charge is -2.34. The minimum Gasteiger partial charge on any atom is -0.350 e. The number of hydrogen-bond acceptors (Lipinski definition) is 3. The second-order valence-corrected chi connectivity index (χ2v) is 11.4. The average Bonchev–Trinajstić information content (AvgIpc) is 2.82. The van der Waals surface area contributed by atoms with Crippen LogP contribution < -0.4 is 5.32 Å². The smallest absolute Gasteiger partial charge is 0.243 e. The molecule has 3 aromatic rings. The summed E-state index contributed by atoms with van der Waals surface area (Å²) in [6, 6.07) is 25.7. The van der Waals surface area contributed by atoms with Crippen LogP contribution in [0.5, 0.6) is 0 Å². The number of aryl methyl sites for hydroxylation is 2. The van der Waals surface area contributed by atoms with Gasteiger partial charge in [0.2, 0.25) is 11.8 Å². The first-order valence-electron chi connectivity index (χ1n) is 12.5. The van der Waals surface area contributed by atoms with Gasteiger partial charge in [-0.15, -0.1) is 11.8 Å². The highest BCUT2D eigenvalue weighted by Crippen LogP contribution is 2.20. The zero-order chi connectivity index (χ0) is 26.1. The van der Waals surface area contributed by atoms with Crippen molar-refractivity contribution in [2.24, 2.45) is 0 Å². The molecule has 0 fully saturated rings. The summed E-state index contributed by atoms with van der Waals surface area (Å²) in [4.78, 5) is 29.1. The van der Waals surface area contributed by atoms with Gasteiger partial charge in [-0.1, -0.05) is 84.4 Å². The summed E-state index contributed by atoms with van der Waals surface area (Å²) in [6.07, 6.45) is 0.461. The summed E-state index contributed by atoms with van der Waals surface area (Å²) in [5.41, 5.74) is 5.20. The highest BCUT2D eigenvalue weighted by atomic mass is 32.2. The summed E-state index contributed by atoms with van der Waals surface area (Å²) in [7, 11) is 0. The van der Waals surface area contributed by atoms with E-state index in [4.69, 9.17) is 0 Å². The molecule has 0 aliphatic carbocycles. The van der Waals surface area contributed by atoms with Crippen molar-refractivity contribution in [2.45, 2.75) is 64.9 Å². The van der Waals surface area contributed by atoms with E-state index in [-0.39, 0.29) is 11.8 Å². The first-order valence-corrected chi connectivity index (χ1v) is 13.6. The molecule has 0 aromatic heterocycles. The van der Waals surface area contributed by atoms with Crippen molar-refractivity contribution in [3.8, 4) is 0 Å². The van der Waals surface area contributed by atoms with Gasteiger partial charge in [-0.2, -0.15) is 0 Å². The molecule has 0 spiro atoms. The van der Waals surface area contributed by atoms with Gasteiger partial charge in [0.15, 0.2) is 0 Å². The van der Waals surface area contributed by atoms with E-state index >= 15 is 0 Å². The summed E-state index contributed by atoms with van der Waals surface area (Å²) in [5.74, 6) is 0.912. The van der Waals surface area contributed by atoms with Crippen molar-refractivity contribution in [3.63, 3.8) is 0 Å². The van der Waals surface area contributed by atoms with Gasteiger partial charge in [0.1, 0.15) is 6.04 Å². The number of carbonyl (C=O) groups is 2. The zero-order valence-electron chi connectivity index (χ0n) is 22.1. The van der Waals surface area contributed by atoms with E-state index in [1.807, 2.05) is 88.4 Å². The number of benzene rings is 3. The Morgan fingerprint density at radius 3 is 2.22 bits per heavy atom. The highest BCUT2D eigenvalue weighted by Gasteiger charge is 2.32. The molecule has 0 bridgehead atoms. The molecule has 190 valence electrons. The molecule has 0 aliphatic rings. The molecule has 3 rings (SSSR count). The molecular formula is C31H38N2O2S. The van der Waals surface area contributed by atoms with Gasteiger partial charge in [0, 0.05) is 24.3 Å². The Morgan fingerprint density at radius 1 is 0.889 bits per heavy atom. The number of thioether (sulfide) groups is 1. The number of carbonyl (C=O) groups excluding carboxylic acids is 2. The van der Waals surface area contributed by atoms with Gasteiger partial charge in [0.25, 0.3) is 0 Å². The molecule has 2 amide bonds. The van der Waals surface area contributed by atoms with Crippen molar-refractivity contribution in [1.29, 1.82) is 0 Å². The SMILES string of the molecule is Cc1cccc(CSCC(=O)N(Cc2ccccc2C)[C@H](Cc2ccccc2)C(=O)NC(C)(C)C)c1. The van der Waals surface area contributed by atoms with E-state index in [1.54, 1.807) is 16.7 Å². The van der Waals surface area contributed by atoms with Gasteiger partial charge < -0.3 is 10.2 Å². The topological polar surface area (TPSA) is 49.4 Å². The van der Waals surface area contributed by atoms with Crippen LogP contribution in [-0.2, 0) is 28.3 Å². The van der Waals surface area contributed by atoms with Crippen LogP contribution in [0.2, 0.25) is 0 Å². The Balaban J connectivity index is 1.88. The zero-order valence-corrected chi connectivity index (χ0v) is 22.9. The maximum Gasteiger partial charge on any atom is 0.243 e. The van der Waals surface area contributed by atoms with Gasteiger partial charge in [-0.25, -0.2) is 0 Å². The van der Waals surface area contributed by atoms with Crippen LogP contribution in [0.15, 0.2) is 78.9 Å². The number of rotatable bonds is 10. The highest BCUT2D eigenvalue weighted by molar-refractivity contribution is 7.99. The average molecular weight is 503 g/mol. The summed E-state index contributed by atoms with van der Waals surface area (Å²) in [6.45, 7) is 10.4. The van der Waals surface area contributed by atoms with Crippen molar-refractivity contribution < 1.29 is 9.59 Å². The molecule has 1 atom stereocenters. The van der Waals surface area contributed by atoms with Gasteiger partial charge in [0.05, 0.1) is 5.75 Å². The quantitative estimate of drug-likeness (QED) is 0.365. The second-order valence-electron chi connectivity index (χ2n) is 10.4. The molecule has 4 nitrogen and oxygen atoms in total. The Morgan fingerprint density at radius 2 is 1.56 bits per heavy atom. The first kappa shape index (κ1) is 27.5. The number of amides is 2. The lowest BCUT2D eigenvalue weighted by molar-refractivity contribution is -0.140. The van der Waals surface area contributed by atoms with Crippen LogP contribution >= 0.6 is 11.8 Å². The predicted octanol–water partition coefficient (Wildman–Crippen LogP) is 6.09. The van der Waals surface area contributed by atoms with Gasteiger partial charge in [-0.05, 0) is 56.9 Å². The van der Waals surface area contributed by atoms with Crippen molar-refractivity contribution in [1.82, 2.24) is 10.2 Å². The molecule has 0 unspecified atom stereocenters. The monoisotopic (exact) mass is 502 g/mol. The third-order valence-electron chi connectivity index (χ3n) is 5.95. The fraction of sp³-hybridized carbons (Fsp3) is 0.355. The standard InChI is InChI=1S/C31H38N2O2S/c1-23-12-11-16-26(18-23)21-36-22-29(34)33(20-27-17-10-9-13-24(27)2)28(30(35)32-31(3,4)5)19-25-14-7-6-8-15-25/h6-18,28H,19-22H2,1-5H3,(H,32,35)/t28-/m1/s1. The Labute approximate surface area is 220 Å². The fourth-order valence-corrected chi connectivity index (χ4v) is 4.98. The molecule has 1 N–H and O–H groups in total. The number of nitrogens with zero attached hydrogens (tertiary/aromatic N) is 1. The van der Waals surface area contributed by atoms with E-state index in [0.717, 1.165) is 22.4 Å². The predicted molar refractivity (Wildman–Crippen MR) is 151 cm³/mol. The molecule has 0 saturated heterocycles. The molecular weight excluding hydrogens is 464 g/mol. The van der Waals surface area contributed by atoms with E-state index in [2.05, 4.69) is 30.4 Å². The van der Waals surface area contributed by atoms with Crippen molar-refractivity contribution in [2.75, 3.05) is 5.75 Å². The van der Waals surface area contributed by atoms with E-state index in [0.29, 0.717) is 18.7 Å². The summed E-state index contributed by atoms with van der Waals surface area (Å²) >= 11 is 1.59. The van der Waals surface area contributed by atoms with Crippen molar-refractivity contribution in [3.05, 3.63) is 107 Å². The number of nitrogens with one attached hydrogen (secondary N) is 1. The summed E-state index contributed by atoms with van der Waals surface area (Å²) in [5, 5.41) is 3.12. The van der Waals surface area contributed by atoms with Crippen LogP contribution in [0.25, 0.3) is 0 Å². The third kappa shape index (κ3) is 8.56. The number of hydrogen-bond donors (Lipinski definition) is 1. The van der Waals surface area contributed by atoms with Gasteiger partial charge in [-0.3, -0.25) is 9.59 Å². The molecule has 0 saturated carbocycles. The molecule has 3 aromatic carbocycles. The Hall–Kier alpha value is -3.05. The van der Waals surface area contributed by atoms with Crippen LogP contribution in [0.4, 0.5) is 0 Å². The van der Waals surface area contributed by atoms with Crippen LogP contribution in [0.3, 0.4) is 0 Å². The first-order chi connectivity index (χ1) is 17.1. The van der Waals surface area contributed by atoms with Gasteiger partial charge >= 0.3 is 0 Å². The minimum atomic E-state index is -0.613. The maximum atomic E-state index is 13.7. The second kappa shape index (κ2) is 12.8. The fourth-order valence-electron chi connectivity index (χ4n) is 4.12. The maximum absolute atomic E-state index is 13.7. The lowest BCUT2D eigenvalue weighted by Crippen LogP contribution is -2.54. The van der Waals surface area contributed by atoms with E-state index in [9.17, 15) is 9.59 Å². The van der Waals surface area contributed by atoms with Crippen molar-refractivity contribution >= 4 is 23.6 Å². The van der Waals surface area contributed by atoms with Crippen LogP contribution in [-0.4, -0.2) is 34.0 Å². The van der Waals surface area contributed by atoms with E-state index in [1.165, 1.54) is 11.1 Å². The van der Waals surface area contributed by atoms with Crippen LogP contribution in [0.1, 0.15) is 48.6 Å². The Bertz CT molecular complexity index is 1150. The van der Waals surface area contributed by atoms with E-state index < -0.39 is 11.6 Å². The lowest BCUT2D eigenvalue weighted by atomic mass is 10.00. The van der Waals surface area contributed by atoms with Crippen LogP contribution in [0, 0.1) is 13.8 Å². The normalized spacial score (nSPS) is 12.1. The molecule has 0 aliphatic heterocycles. The third-order valence-corrected chi connectivity index (χ3v) is 6.94. The minimum absolute atomic E-state index is 0.0269. The Kier molecular flexibility index (Phi) is 9.77.